The van der Waals surface area contributed by atoms with Crippen LogP contribution in [0.4, 0.5) is 0 Å². The van der Waals surface area contributed by atoms with E-state index in [9.17, 15) is 4.79 Å². The molecule has 0 aliphatic rings. The molecule has 3 aromatic rings. The van der Waals surface area contributed by atoms with Gasteiger partial charge in [0.2, 0.25) is 5.89 Å². The fraction of sp³-hybridized carbons (Fsp3) is 0.167. The van der Waals surface area contributed by atoms with Crippen molar-refractivity contribution in [3.05, 3.63) is 65.2 Å². The highest BCUT2D eigenvalue weighted by atomic mass is 32.2. The van der Waals surface area contributed by atoms with Crippen LogP contribution in [0.2, 0.25) is 0 Å². The van der Waals surface area contributed by atoms with Crippen LogP contribution >= 0.6 is 11.8 Å². The van der Waals surface area contributed by atoms with Crippen molar-refractivity contribution in [3.63, 3.8) is 0 Å². The van der Waals surface area contributed by atoms with Crippen LogP contribution in [0, 0.1) is 13.8 Å². The van der Waals surface area contributed by atoms with E-state index < -0.39 is 0 Å². The molecule has 2 aromatic carbocycles. The zero-order valence-corrected chi connectivity index (χ0v) is 13.8. The lowest BCUT2D eigenvalue weighted by molar-refractivity contribution is 0.102. The molecule has 0 spiro atoms. The van der Waals surface area contributed by atoms with Gasteiger partial charge in [-0.15, -0.1) is 10.2 Å². The van der Waals surface area contributed by atoms with E-state index in [1.165, 1.54) is 22.9 Å². The van der Waals surface area contributed by atoms with Crippen LogP contribution in [-0.4, -0.2) is 21.7 Å². The monoisotopic (exact) mass is 324 g/mol. The number of aryl methyl sites for hydroxylation is 2. The van der Waals surface area contributed by atoms with E-state index in [4.69, 9.17) is 4.42 Å². The van der Waals surface area contributed by atoms with Gasteiger partial charge in [-0.05, 0) is 37.1 Å². The summed E-state index contributed by atoms with van der Waals surface area (Å²) in [6.07, 6.45) is 0. The second-order valence-corrected chi connectivity index (χ2v) is 6.18. The zero-order valence-electron chi connectivity index (χ0n) is 12.9. The van der Waals surface area contributed by atoms with Gasteiger partial charge < -0.3 is 4.42 Å². The summed E-state index contributed by atoms with van der Waals surface area (Å²) in [5, 5.41) is 8.47. The van der Waals surface area contributed by atoms with Gasteiger partial charge in [0.05, 0.1) is 5.75 Å². The van der Waals surface area contributed by atoms with Crippen LogP contribution in [-0.2, 0) is 0 Å². The van der Waals surface area contributed by atoms with Gasteiger partial charge in [-0.3, -0.25) is 4.79 Å². The Morgan fingerprint density at radius 3 is 2.57 bits per heavy atom. The number of ketones is 1. The first-order valence-corrected chi connectivity index (χ1v) is 8.24. The molecule has 1 heterocycles. The van der Waals surface area contributed by atoms with E-state index >= 15 is 0 Å². The molecule has 0 atom stereocenters. The Balaban J connectivity index is 1.68. The topological polar surface area (TPSA) is 56.0 Å². The van der Waals surface area contributed by atoms with Crippen LogP contribution in [0.5, 0.6) is 0 Å². The fourth-order valence-electron chi connectivity index (χ4n) is 2.09. The normalized spacial score (nSPS) is 10.7. The summed E-state index contributed by atoms with van der Waals surface area (Å²) in [7, 11) is 0. The summed E-state index contributed by atoms with van der Waals surface area (Å²) < 4.78 is 5.64. The first-order chi connectivity index (χ1) is 11.1. The third-order valence-corrected chi connectivity index (χ3v) is 4.40. The number of hydrogen-bond acceptors (Lipinski definition) is 5. The van der Waals surface area contributed by atoms with Crippen LogP contribution < -0.4 is 0 Å². The van der Waals surface area contributed by atoms with E-state index in [2.05, 4.69) is 17.1 Å². The van der Waals surface area contributed by atoms with Crippen molar-refractivity contribution in [2.45, 2.75) is 19.1 Å². The summed E-state index contributed by atoms with van der Waals surface area (Å²) >= 11 is 1.26. The Kier molecular flexibility index (Phi) is 4.57. The molecule has 0 N–H and O–H groups in total. The molecular weight excluding hydrogens is 308 g/mol. The molecule has 0 saturated heterocycles. The Labute approximate surface area is 138 Å². The Morgan fingerprint density at radius 2 is 1.83 bits per heavy atom. The third kappa shape index (κ3) is 3.68. The van der Waals surface area contributed by atoms with Gasteiger partial charge in [0.25, 0.3) is 5.22 Å². The largest absolute Gasteiger partial charge is 0.411 e. The van der Waals surface area contributed by atoms with Crippen molar-refractivity contribution in [2.75, 3.05) is 5.75 Å². The predicted octanol–water partition coefficient (Wildman–Crippen LogP) is 4.33. The van der Waals surface area contributed by atoms with Gasteiger partial charge >= 0.3 is 0 Å². The number of benzene rings is 2. The van der Waals surface area contributed by atoms with Crippen molar-refractivity contribution < 1.29 is 9.21 Å². The SMILES string of the molecule is Cc1ccc(-c2nnc(SCC(=O)c3ccccc3)o2)cc1C. The number of thioether (sulfide) groups is 1. The molecule has 116 valence electrons. The smallest absolute Gasteiger partial charge is 0.277 e. The molecule has 1 aromatic heterocycles. The number of aromatic nitrogens is 2. The molecular formula is C18H16N2O2S. The van der Waals surface area contributed by atoms with Gasteiger partial charge in [0.1, 0.15) is 0 Å². The Morgan fingerprint density at radius 1 is 1.04 bits per heavy atom. The number of nitrogens with zero attached hydrogens (tertiary/aromatic N) is 2. The van der Waals surface area contributed by atoms with Gasteiger partial charge in [0, 0.05) is 11.1 Å². The summed E-state index contributed by atoms with van der Waals surface area (Å²) in [5.74, 6) is 0.794. The van der Waals surface area contributed by atoms with Gasteiger partial charge in [-0.25, -0.2) is 0 Å². The average Bonchev–Trinajstić information content (AvgIpc) is 3.05. The fourth-order valence-corrected chi connectivity index (χ4v) is 2.75. The highest BCUT2D eigenvalue weighted by molar-refractivity contribution is 7.99. The molecule has 0 aliphatic carbocycles. The van der Waals surface area contributed by atoms with Crippen LogP contribution in [0.25, 0.3) is 11.5 Å². The molecule has 0 fully saturated rings. The highest BCUT2D eigenvalue weighted by Gasteiger charge is 2.12. The average molecular weight is 324 g/mol. The maximum Gasteiger partial charge on any atom is 0.277 e. The zero-order chi connectivity index (χ0) is 16.2. The van der Waals surface area contributed by atoms with E-state index in [1.54, 1.807) is 12.1 Å². The van der Waals surface area contributed by atoms with Crippen molar-refractivity contribution in [1.82, 2.24) is 10.2 Å². The molecule has 0 saturated carbocycles. The van der Waals surface area contributed by atoms with E-state index in [0.717, 1.165) is 5.56 Å². The number of carbonyl (C=O) groups excluding carboxylic acids is 1. The molecule has 0 bridgehead atoms. The van der Waals surface area contributed by atoms with Crippen molar-refractivity contribution in [3.8, 4) is 11.5 Å². The predicted molar refractivity (Wildman–Crippen MR) is 90.7 cm³/mol. The Bertz CT molecular complexity index is 828. The van der Waals surface area contributed by atoms with Gasteiger partial charge in [0.15, 0.2) is 5.78 Å². The van der Waals surface area contributed by atoms with Crippen molar-refractivity contribution >= 4 is 17.5 Å². The van der Waals surface area contributed by atoms with Crippen molar-refractivity contribution in [2.24, 2.45) is 0 Å². The highest BCUT2D eigenvalue weighted by Crippen LogP contribution is 2.25. The van der Waals surface area contributed by atoms with E-state index in [-0.39, 0.29) is 11.5 Å². The second-order valence-electron chi connectivity index (χ2n) is 5.25. The quantitative estimate of drug-likeness (QED) is 0.516. The van der Waals surface area contributed by atoms with Gasteiger partial charge in [-0.1, -0.05) is 48.2 Å². The first-order valence-electron chi connectivity index (χ1n) is 7.25. The third-order valence-electron chi connectivity index (χ3n) is 3.58. The standard InChI is InChI=1S/C18H16N2O2S/c1-12-8-9-15(10-13(12)2)17-19-20-18(22-17)23-11-16(21)14-6-4-3-5-7-14/h3-10H,11H2,1-2H3. The summed E-state index contributed by atoms with van der Waals surface area (Å²) in [5.41, 5.74) is 3.97. The van der Waals surface area contributed by atoms with Gasteiger partial charge in [-0.2, -0.15) is 0 Å². The van der Waals surface area contributed by atoms with Crippen LogP contribution in [0.1, 0.15) is 21.5 Å². The maximum atomic E-state index is 12.1. The van der Waals surface area contributed by atoms with Crippen LogP contribution in [0.3, 0.4) is 0 Å². The molecule has 3 rings (SSSR count). The molecule has 4 nitrogen and oxygen atoms in total. The minimum absolute atomic E-state index is 0.0431. The lowest BCUT2D eigenvalue weighted by atomic mass is 10.1. The number of hydrogen-bond donors (Lipinski definition) is 0. The molecule has 0 unspecified atom stereocenters. The van der Waals surface area contributed by atoms with E-state index in [0.29, 0.717) is 16.7 Å². The minimum Gasteiger partial charge on any atom is -0.411 e. The molecule has 0 aliphatic heterocycles. The Hall–Kier alpha value is -2.40. The summed E-state index contributed by atoms with van der Waals surface area (Å²) in [6.45, 7) is 4.10. The molecule has 23 heavy (non-hydrogen) atoms. The van der Waals surface area contributed by atoms with Crippen molar-refractivity contribution in [1.29, 1.82) is 0 Å². The number of Topliss-reactive ketones (excluding diaryl/α,β-unsaturated/α-hetero) is 1. The number of rotatable bonds is 5. The number of carbonyl (C=O) groups is 1. The summed E-state index contributed by atoms with van der Waals surface area (Å²) in [4.78, 5) is 12.1. The van der Waals surface area contributed by atoms with Crippen LogP contribution in [0.15, 0.2) is 58.2 Å². The maximum absolute atomic E-state index is 12.1. The molecule has 5 heteroatoms. The first kappa shape index (κ1) is 15.5. The lowest BCUT2D eigenvalue weighted by Crippen LogP contribution is -2.01. The van der Waals surface area contributed by atoms with E-state index in [1.807, 2.05) is 43.3 Å². The molecule has 0 radical (unpaired) electrons. The molecule has 0 amide bonds. The second kappa shape index (κ2) is 6.79. The summed E-state index contributed by atoms with van der Waals surface area (Å²) in [6, 6.07) is 15.2. The lowest BCUT2D eigenvalue weighted by Gasteiger charge is -2.01. The minimum atomic E-state index is 0.0431.